The SMILES string of the molecule is CN(c1cc(F)cc(C#CC2(C(F)F)CC2)c1)c1nc2nnc(Cl)n2c2ccccc12. The number of halogens is 4. The van der Waals surface area contributed by atoms with E-state index in [-0.39, 0.29) is 5.28 Å². The third-order valence-corrected chi connectivity index (χ3v) is 5.69. The predicted molar refractivity (Wildman–Crippen MR) is 112 cm³/mol. The predicted octanol–water partition coefficient (Wildman–Crippen LogP) is 5.23. The van der Waals surface area contributed by atoms with Gasteiger partial charge in [-0.15, -0.1) is 10.2 Å². The summed E-state index contributed by atoms with van der Waals surface area (Å²) in [4.78, 5) is 6.25. The molecule has 1 fully saturated rings. The first-order valence-corrected chi connectivity index (χ1v) is 9.91. The molecule has 0 radical (unpaired) electrons. The van der Waals surface area contributed by atoms with Gasteiger partial charge in [-0.2, -0.15) is 4.98 Å². The monoisotopic (exact) mass is 441 g/mol. The molecule has 0 saturated heterocycles. The van der Waals surface area contributed by atoms with Crippen molar-refractivity contribution in [1.82, 2.24) is 19.6 Å². The third kappa shape index (κ3) is 3.35. The number of benzene rings is 2. The summed E-state index contributed by atoms with van der Waals surface area (Å²) in [7, 11) is 1.73. The number of alkyl halides is 2. The molecule has 2 heterocycles. The number of hydrogen-bond donors (Lipinski definition) is 0. The Morgan fingerprint density at radius 3 is 2.68 bits per heavy atom. The zero-order valence-corrected chi connectivity index (χ0v) is 17.0. The van der Waals surface area contributed by atoms with Gasteiger partial charge in [-0.05, 0) is 54.8 Å². The van der Waals surface area contributed by atoms with Gasteiger partial charge in [0.15, 0.2) is 0 Å². The molecule has 0 N–H and O–H groups in total. The first-order chi connectivity index (χ1) is 14.9. The molecule has 0 spiro atoms. The van der Waals surface area contributed by atoms with Crippen LogP contribution in [0.15, 0.2) is 42.5 Å². The molecule has 5 nitrogen and oxygen atoms in total. The van der Waals surface area contributed by atoms with Gasteiger partial charge in [0.05, 0.1) is 10.9 Å². The summed E-state index contributed by atoms with van der Waals surface area (Å²) < 4.78 is 42.3. The fourth-order valence-corrected chi connectivity index (χ4v) is 3.70. The lowest BCUT2D eigenvalue weighted by Gasteiger charge is -2.21. The molecule has 156 valence electrons. The molecule has 0 aliphatic heterocycles. The Labute approximate surface area is 180 Å². The van der Waals surface area contributed by atoms with Crippen molar-refractivity contribution >= 4 is 39.8 Å². The van der Waals surface area contributed by atoms with Crippen LogP contribution in [-0.2, 0) is 0 Å². The summed E-state index contributed by atoms with van der Waals surface area (Å²) in [5.41, 5.74) is 0.283. The van der Waals surface area contributed by atoms with Crippen LogP contribution in [-0.4, -0.2) is 33.1 Å². The summed E-state index contributed by atoms with van der Waals surface area (Å²) in [6, 6.07) is 11.7. The van der Waals surface area contributed by atoms with E-state index < -0.39 is 17.7 Å². The highest BCUT2D eigenvalue weighted by atomic mass is 35.5. The van der Waals surface area contributed by atoms with Crippen LogP contribution in [0.25, 0.3) is 16.7 Å². The highest BCUT2D eigenvalue weighted by Crippen LogP contribution is 2.50. The number of nitrogens with zero attached hydrogens (tertiary/aromatic N) is 5. The highest BCUT2D eigenvalue weighted by molar-refractivity contribution is 6.29. The minimum absolute atomic E-state index is 0.184. The van der Waals surface area contributed by atoms with E-state index in [4.69, 9.17) is 11.6 Å². The standard InChI is InChI=1S/C22H15ClF3N5/c1-30(15-11-13(10-14(24)12-15)6-7-22(8-9-22)19(25)26)18-16-4-2-3-5-17(16)31-20(23)28-29-21(31)27-18/h2-5,10-12,19H,8-9H2,1H3. The molecule has 9 heteroatoms. The highest BCUT2D eigenvalue weighted by Gasteiger charge is 2.49. The van der Waals surface area contributed by atoms with Gasteiger partial charge < -0.3 is 4.90 Å². The quantitative estimate of drug-likeness (QED) is 0.408. The molecule has 0 atom stereocenters. The lowest BCUT2D eigenvalue weighted by atomic mass is 10.1. The number of fused-ring (bicyclic) bond motifs is 3. The summed E-state index contributed by atoms with van der Waals surface area (Å²) >= 11 is 6.16. The van der Waals surface area contributed by atoms with Gasteiger partial charge in [-0.3, -0.25) is 0 Å². The third-order valence-electron chi connectivity index (χ3n) is 5.45. The van der Waals surface area contributed by atoms with E-state index in [0.29, 0.717) is 35.7 Å². The topological polar surface area (TPSA) is 46.3 Å². The number of para-hydroxylation sites is 1. The maximum Gasteiger partial charge on any atom is 0.258 e. The van der Waals surface area contributed by atoms with Crippen molar-refractivity contribution in [3.05, 3.63) is 59.1 Å². The Morgan fingerprint density at radius 2 is 1.94 bits per heavy atom. The van der Waals surface area contributed by atoms with E-state index in [2.05, 4.69) is 27.0 Å². The lowest BCUT2D eigenvalue weighted by Crippen LogP contribution is -2.13. The molecule has 0 amide bonds. The van der Waals surface area contributed by atoms with Crippen LogP contribution in [0.3, 0.4) is 0 Å². The van der Waals surface area contributed by atoms with Crippen LogP contribution in [0, 0.1) is 23.1 Å². The van der Waals surface area contributed by atoms with Crippen LogP contribution in [0.1, 0.15) is 18.4 Å². The van der Waals surface area contributed by atoms with Gasteiger partial charge in [0.25, 0.3) is 12.2 Å². The van der Waals surface area contributed by atoms with Gasteiger partial charge in [0.2, 0.25) is 5.28 Å². The van der Waals surface area contributed by atoms with Gasteiger partial charge >= 0.3 is 0 Å². The van der Waals surface area contributed by atoms with Crippen LogP contribution in [0.5, 0.6) is 0 Å². The van der Waals surface area contributed by atoms with E-state index in [0.717, 1.165) is 10.9 Å². The zero-order chi connectivity index (χ0) is 21.8. The molecule has 2 aromatic heterocycles. The maximum absolute atomic E-state index is 14.4. The van der Waals surface area contributed by atoms with Crippen molar-refractivity contribution in [2.75, 3.05) is 11.9 Å². The van der Waals surface area contributed by atoms with Gasteiger partial charge in [-0.25, -0.2) is 17.6 Å². The van der Waals surface area contributed by atoms with Crippen molar-refractivity contribution in [3.63, 3.8) is 0 Å². The Hall–Kier alpha value is -3.31. The summed E-state index contributed by atoms with van der Waals surface area (Å²) in [5.74, 6) is 5.66. The second-order valence-electron chi connectivity index (χ2n) is 7.52. The second kappa shape index (κ2) is 7.13. The Bertz CT molecular complexity index is 1380. The minimum Gasteiger partial charge on any atom is -0.329 e. The molecule has 31 heavy (non-hydrogen) atoms. The number of rotatable bonds is 3. The van der Waals surface area contributed by atoms with Crippen molar-refractivity contribution < 1.29 is 13.2 Å². The molecule has 0 unspecified atom stereocenters. The summed E-state index contributed by atoms with van der Waals surface area (Å²) in [5, 5.41) is 8.81. The van der Waals surface area contributed by atoms with E-state index >= 15 is 0 Å². The first-order valence-electron chi connectivity index (χ1n) is 9.53. The molecule has 1 saturated carbocycles. The average molecular weight is 442 g/mol. The molecule has 4 aromatic rings. The number of aromatic nitrogens is 4. The van der Waals surface area contributed by atoms with Gasteiger partial charge in [0, 0.05) is 23.7 Å². The molecule has 2 aromatic carbocycles. The fourth-order valence-electron chi connectivity index (χ4n) is 3.50. The molecular weight excluding hydrogens is 427 g/mol. The van der Waals surface area contributed by atoms with E-state index in [1.165, 1.54) is 12.1 Å². The van der Waals surface area contributed by atoms with E-state index in [9.17, 15) is 13.2 Å². The summed E-state index contributed by atoms with van der Waals surface area (Å²) in [6.07, 6.45) is -1.79. The minimum atomic E-state index is -2.51. The molecule has 0 bridgehead atoms. The van der Waals surface area contributed by atoms with Crippen molar-refractivity contribution in [2.24, 2.45) is 5.41 Å². The van der Waals surface area contributed by atoms with Crippen molar-refractivity contribution in [2.45, 2.75) is 19.3 Å². The smallest absolute Gasteiger partial charge is 0.258 e. The van der Waals surface area contributed by atoms with Crippen LogP contribution in [0.2, 0.25) is 5.28 Å². The van der Waals surface area contributed by atoms with Crippen molar-refractivity contribution in [3.8, 4) is 11.8 Å². The van der Waals surface area contributed by atoms with E-state index in [1.807, 2.05) is 24.3 Å². The Balaban J connectivity index is 1.61. The average Bonchev–Trinajstić information content (AvgIpc) is 3.47. The fraction of sp³-hybridized carbons (Fsp3) is 0.227. The van der Waals surface area contributed by atoms with Crippen LogP contribution >= 0.6 is 11.6 Å². The van der Waals surface area contributed by atoms with Crippen molar-refractivity contribution in [1.29, 1.82) is 0 Å². The van der Waals surface area contributed by atoms with Gasteiger partial charge in [-0.1, -0.05) is 24.0 Å². The van der Waals surface area contributed by atoms with Crippen LogP contribution < -0.4 is 4.90 Å². The lowest BCUT2D eigenvalue weighted by molar-refractivity contribution is 0.0921. The normalized spacial score (nSPS) is 14.6. The molecular formula is C22H15ClF3N5. The number of anilines is 2. The molecule has 5 rings (SSSR count). The maximum atomic E-state index is 14.4. The van der Waals surface area contributed by atoms with Crippen LogP contribution in [0.4, 0.5) is 24.7 Å². The largest absolute Gasteiger partial charge is 0.329 e. The first kappa shape index (κ1) is 19.6. The molecule has 1 aliphatic carbocycles. The Kier molecular flexibility index (Phi) is 4.52. The van der Waals surface area contributed by atoms with Gasteiger partial charge in [0.1, 0.15) is 11.6 Å². The molecule has 1 aliphatic rings. The summed E-state index contributed by atoms with van der Waals surface area (Å²) in [6.45, 7) is 0. The van der Waals surface area contributed by atoms with E-state index in [1.54, 1.807) is 22.4 Å². The second-order valence-corrected chi connectivity index (χ2v) is 7.86. The Morgan fingerprint density at radius 1 is 1.16 bits per heavy atom. The number of hydrogen-bond acceptors (Lipinski definition) is 4. The zero-order valence-electron chi connectivity index (χ0n) is 16.3.